The summed E-state index contributed by atoms with van der Waals surface area (Å²) in [6, 6.07) is 0.476. The fraction of sp³-hybridized carbons (Fsp3) is 1.00. The molecular weight excluding hydrogens is 260 g/mol. The van der Waals surface area contributed by atoms with E-state index in [9.17, 15) is 0 Å². The summed E-state index contributed by atoms with van der Waals surface area (Å²) in [4.78, 5) is 0. The quantitative estimate of drug-likeness (QED) is 0.547. The van der Waals surface area contributed by atoms with Gasteiger partial charge in [0.15, 0.2) is 0 Å². The molecule has 0 aromatic rings. The Kier molecular flexibility index (Phi) is 6.97. The Morgan fingerprint density at radius 2 is 2.00 bits per heavy atom. The molecule has 1 spiro atoms. The molecule has 2 fully saturated rings. The third-order valence-electron chi connectivity index (χ3n) is 5.96. The molecule has 2 rings (SSSR count). The van der Waals surface area contributed by atoms with Crippen LogP contribution in [0.15, 0.2) is 0 Å². The molecule has 3 heteroatoms. The van der Waals surface area contributed by atoms with Crippen molar-refractivity contribution in [2.24, 2.45) is 17.7 Å². The third kappa shape index (κ3) is 4.43. The van der Waals surface area contributed by atoms with Gasteiger partial charge in [-0.3, -0.25) is 11.3 Å². The minimum Gasteiger partial charge on any atom is -0.375 e. The largest absolute Gasteiger partial charge is 0.375 e. The lowest BCUT2D eigenvalue weighted by atomic mass is 9.71. The Labute approximate surface area is 131 Å². The Morgan fingerprint density at radius 1 is 1.24 bits per heavy atom. The molecule has 124 valence electrons. The maximum absolute atomic E-state index is 6.26. The predicted molar refractivity (Wildman–Crippen MR) is 88.9 cm³/mol. The zero-order valence-corrected chi connectivity index (χ0v) is 14.2. The van der Waals surface area contributed by atoms with Crippen molar-refractivity contribution in [2.45, 2.75) is 96.1 Å². The van der Waals surface area contributed by atoms with Crippen LogP contribution in [0.3, 0.4) is 0 Å². The maximum Gasteiger partial charge on any atom is 0.0685 e. The van der Waals surface area contributed by atoms with Crippen molar-refractivity contribution in [3.63, 3.8) is 0 Å². The van der Waals surface area contributed by atoms with Crippen molar-refractivity contribution in [3.8, 4) is 0 Å². The van der Waals surface area contributed by atoms with E-state index in [0.717, 1.165) is 12.5 Å². The molecule has 0 amide bonds. The van der Waals surface area contributed by atoms with E-state index in [1.165, 1.54) is 70.6 Å². The first-order valence-electron chi connectivity index (χ1n) is 9.34. The van der Waals surface area contributed by atoms with E-state index in [-0.39, 0.29) is 5.60 Å². The van der Waals surface area contributed by atoms with Crippen LogP contribution >= 0.6 is 0 Å². The van der Waals surface area contributed by atoms with Crippen LogP contribution in [-0.2, 0) is 4.74 Å². The van der Waals surface area contributed by atoms with Crippen molar-refractivity contribution in [1.82, 2.24) is 5.43 Å². The van der Waals surface area contributed by atoms with E-state index in [1.807, 2.05) is 0 Å². The van der Waals surface area contributed by atoms with Crippen molar-refractivity contribution < 1.29 is 4.74 Å². The van der Waals surface area contributed by atoms with E-state index >= 15 is 0 Å². The second-order valence-corrected chi connectivity index (χ2v) is 7.35. The van der Waals surface area contributed by atoms with Gasteiger partial charge in [-0.2, -0.15) is 0 Å². The molecule has 21 heavy (non-hydrogen) atoms. The number of hydrogen-bond acceptors (Lipinski definition) is 3. The molecule has 1 saturated heterocycles. The van der Waals surface area contributed by atoms with Gasteiger partial charge in [0.2, 0.25) is 0 Å². The van der Waals surface area contributed by atoms with Crippen LogP contribution in [0, 0.1) is 11.8 Å². The molecule has 3 unspecified atom stereocenters. The zero-order valence-electron chi connectivity index (χ0n) is 14.2. The van der Waals surface area contributed by atoms with Crippen molar-refractivity contribution in [1.29, 1.82) is 0 Å². The summed E-state index contributed by atoms with van der Waals surface area (Å²) in [6.07, 6.45) is 14.2. The standard InChI is InChI=1S/C18H36N2O/c1-3-5-9-15(4-2)17(20-19)16-10-13-21-18(14-16)11-7-6-8-12-18/h15-17,20H,3-14,19H2,1-2H3. The molecule has 3 nitrogen and oxygen atoms in total. The number of nitrogens with one attached hydrogen (secondary N) is 1. The highest BCUT2D eigenvalue weighted by molar-refractivity contribution is 4.94. The lowest BCUT2D eigenvalue weighted by Crippen LogP contribution is -2.52. The topological polar surface area (TPSA) is 47.3 Å². The van der Waals surface area contributed by atoms with Gasteiger partial charge < -0.3 is 4.74 Å². The fourth-order valence-electron chi connectivity index (χ4n) is 4.68. The highest BCUT2D eigenvalue weighted by atomic mass is 16.5. The smallest absolute Gasteiger partial charge is 0.0685 e. The van der Waals surface area contributed by atoms with Gasteiger partial charge in [0.1, 0.15) is 0 Å². The molecule has 2 aliphatic rings. The normalized spacial score (nSPS) is 28.4. The Balaban J connectivity index is 1.99. The summed E-state index contributed by atoms with van der Waals surface area (Å²) in [5, 5.41) is 0. The van der Waals surface area contributed by atoms with Gasteiger partial charge in [-0.1, -0.05) is 52.4 Å². The minimum absolute atomic E-state index is 0.194. The average molecular weight is 296 g/mol. The van der Waals surface area contributed by atoms with Crippen LogP contribution in [0.4, 0.5) is 0 Å². The van der Waals surface area contributed by atoms with Crippen LogP contribution in [0.2, 0.25) is 0 Å². The number of ether oxygens (including phenoxy) is 1. The molecule has 0 aromatic heterocycles. The highest BCUT2D eigenvalue weighted by Crippen LogP contribution is 2.42. The molecule has 1 saturated carbocycles. The van der Waals surface area contributed by atoms with E-state index in [0.29, 0.717) is 12.0 Å². The van der Waals surface area contributed by atoms with Gasteiger partial charge in [0.05, 0.1) is 5.60 Å². The Bertz CT molecular complexity index is 283. The molecule has 0 aromatic carbocycles. The zero-order chi connectivity index (χ0) is 15.1. The lowest BCUT2D eigenvalue weighted by Gasteiger charge is -2.46. The van der Waals surface area contributed by atoms with Crippen LogP contribution in [0.5, 0.6) is 0 Å². The lowest BCUT2D eigenvalue weighted by molar-refractivity contribution is -0.124. The van der Waals surface area contributed by atoms with Crippen molar-refractivity contribution in [2.75, 3.05) is 6.61 Å². The third-order valence-corrected chi connectivity index (χ3v) is 5.96. The van der Waals surface area contributed by atoms with E-state index in [1.54, 1.807) is 0 Å². The first kappa shape index (κ1) is 17.2. The second kappa shape index (κ2) is 8.50. The molecule has 0 radical (unpaired) electrons. The summed E-state index contributed by atoms with van der Waals surface area (Å²) in [6.45, 7) is 5.54. The average Bonchev–Trinajstić information content (AvgIpc) is 2.52. The van der Waals surface area contributed by atoms with Gasteiger partial charge in [0, 0.05) is 12.6 Å². The molecule has 3 N–H and O–H groups in total. The summed E-state index contributed by atoms with van der Waals surface area (Å²) in [5.41, 5.74) is 3.39. The minimum atomic E-state index is 0.194. The summed E-state index contributed by atoms with van der Waals surface area (Å²) in [5.74, 6) is 7.40. The van der Waals surface area contributed by atoms with Crippen LogP contribution in [0.1, 0.15) is 84.5 Å². The first-order chi connectivity index (χ1) is 10.2. The van der Waals surface area contributed by atoms with Crippen LogP contribution in [-0.4, -0.2) is 18.2 Å². The fourth-order valence-corrected chi connectivity index (χ4v) is 4.68. The summed E-state index contributed by atoms with van der Waals surface area (Å²) in [7, 11) is 0. The number of unbranched alkanes of at least 4 members (excludes halogenated alkanes) is 1. The van der Waals surface area contributed by atoms with E-state index in [4.69, 9.17) is 10.6 Å². The van der Waals surface area contributed by atoms with Gasteiger partial charge in [-0.25, -0.2) is 0 Å². The summed E-state index contributed by atoms with van der Waals surface area (Å²) < 4.78 is 6.26. The second-order valence-electron chi connectivity index (χ2n) is 7.35. The van der Waals surface area contributed by atoms with Gasteiger partial charge >= 0.3 is 0 Å². The SMILES string of the molecule is CCCCC(CC)C(NN)C1CCOC2(CCCCC2)C1. The molecular formula is C18H36N2O. The van der Waals surface area contributed by atoms with Crippen molar-refractivity contribution >= 4 is 0 Å². The van der Waals surface area contributed by atoms with Crippen LogP contribution in [0.25, 0.3) is 0 Å². The first-order valence-corrected chi connectivity index (χ1v) is 9.34. The molecule has 1 heterocycles. The maximum atomic E-state index is 6.26. The van der Waals surface area contributed by atoms with E-state index < -0.39 is 0 Å². The van der Waals surface area contributed by atoms with Crippen LogP contribution < -0.4 is 11.3 Å². The molecule has 1 aliphatic heterocycles. The predicted octanol–water partition coefficient (Wildman–Crippen LogP) is 4.16. The van der Waals surface area contributed by atoms with Gasteiger partial charge in [0.25, 0.3) is 0 Å². The highest BCUT2D eigenvalue weighted by Gasteiger charge is 2.41. The Hall–Kier alpha value is -0.120. The van der Waals surface area contributed by atoms with Gasteiger partial charge in [-0.15, -0.1) is 0 Å². The Morgan fingerprint density at radius 3 is 2.62 bits per heavy atom. The number of rotatable bonds is 7. The number of nitrogens with two attached hydrogens (primary N) is 1. The van der Waals surface area contributed by atoms with E-state index in [2.05, 4.69) is 19.3 Å². The molecule has 1 aliphatic carbocycles. The molecule has 3 atom stereocenters. The number of hydrogen-bond donors (Lipinski definition) is 2. The van der Waals surface area contributed by atoms with Gasteiger partial charge in [-0.05, 0) is 43.9 Å². The number of hydrazine groups is 1. The summed E-state index contributed by atoms with van der Waals surface area (Å²) >= 11 is 0. The molecule has 0 bridgehead atoms. The monoisotopic (exact) mass is 296 g/mol. The van der Waals surface area contributed by atoms with Crippen molar-refractivity contribution in [3.05, 3.63) is 0 Å².